The van der Waals surface area contributed by atoms with Crippen LogP contribution in [0.2, 0.25) is 0 Å². The quantitative estimate of drug-likeness (QED) is 0.453. The number of hydrogen-bond acceptors (Lipinski definition) is 7. The van der Waals surface area contributed by atoms with E-state index >= 15 is 0 Å². The normalized spacial score (nSPS) is 13.5. The minimum absolute atomic E-state index is 0.197. The summed E-state index contributed by atoms with van der Waals surface area (Å²) >= 11 is 5.43. The van der Waals surface area contributed by atoms with E-state index < -0.39 is 11.9 Å². The van der Waals surface area contributed by atoms with Gasteiger partial charge in [0, 0.05) is 31.9 Å². The number of amides is 1. The maximum absolute atomic E-state index is 11.9. The third-order valence-corrected chi connectivity index (χ3v) is 4.48. The van der Waals surface area contributed by atoms with E-state index in [1.165, 1.54) is 20.3 Å². The lowest BCUT2D eigenvalue weighted by atomic mass is 10.1. The van der Waals surface area contributed by atoms with Crippen LogP contribution >= 0.6 is 12.2 Å². The highest BCUT2D eigenvalue weighted by Crippen LogP contribution is 2.18. The standard InChI is InChI=1S/C18H23N3O6S/c1-4-27-18(24)21-7-5-20(6-8-21)17(28)19-14-10-12(15(22)25-2)9-13(11-14)16(23)26-3/h9-11H,4-8H2,1-3H3,(H,19,28). The van der Waals surface area contributed by atoms with Gasteiger partial charge >= 0.3 is 18.0 Å². The minimum Gasteiger partial charge on any atom is -0.465 e. The molecule has 0 unspecified atom stereocenters. The number of methoxy groups -OCH3 is 2. The molecule has 1 aliphatic rings. The second-order valence-corrected chi connectivity index (χ2v) is 6.27. The van der Waals surface area contributed by atoms with Crippen LogP contribution in [0, 0.1) is 0 Å². The number of carbonyl (C=O) groups excluding carboxylic acids is 3. The van der Waals surface area contributed by atoms with E-state index in [9.17, 15) is 14.4 Å². The summed E-state index contributed by atoms with van der Waals surface area (Å²) in [6.45, 7) is 4.12. The van der Waals surface area contributed by atoms with Crippen molar-refractivity contribution in [2.24, 2.45) is 0 Å². The Hall–Kier alpha value is -2.88. The fourth-order valence-electron chi connectivity index (χ4n) is 2.68. The van der Waals surface area contributed by atoms with Crippen LogP contribution in [-0.4, -0.2) is 79.9 Å². The summed E-state index contributed by atoms with van der Waals surface area (Å²) in [6.07, 6.45) is -0.338. The van der Waals surface area contributed by atoms with Crippen molar-refractivity contribution in [3.05, 3.63) is 29.3 Å². The number of hydrogen-bond donors (Lipinski definition) is 1. The Morgan fingerprint density at radius 1 is 0.964 bits per heavy atom. The molecule has 152 valence electrons. The third-order valence-electron chi connectivity index (χ3n) is 4.12. The molecule has 2 rings (SSSR count). The molecule has 1 N–H and O–H groups in total. The molecule has 0 atom stereocenters. The number of thiocarbonyl (C=S) groups is 1. The molecule has 1 aromatic rings. The fraction of sp³-hybridized carbons (Fsp3) is 0.444. The Bertz CT molecular complexity index is 727. The molecule has 1 aliphatic heterocycles. The van der Waals surface area contributed by atoms with Crippen LogP contribution in [0.1, 0.15) is 27.6 Å². The molecule has 0 saturated carbocycles. The molecule has 28 heavy (non-hydrogen) atoms. The van der Waals surface area contributed by atoms with E-state index in [1.54, 1.807) is 24.0 Å². The summed E-state index contributed by atoms with van der Waals surface area (Å²) < 4.78 is 14.4. The molecule has 1 heterocycles. The molecule has 0 bridgehead atoms. The zero-order valence-electron chi connectivity index (χ0n) is 16.0. The van der Waals surface area contributed by atoms with Crippen LogP contribution in [0.3, 0.4) is 0 Å². The number of piperazine rings is 1. The van der Waals surface area contributed by atoms with Gasteiger partial charge < -0.3 is 29.3 Å². The average Bonchev–Trinajstić information content (AvgIpc) is 2.72. The lowest BCUT2D eigenvalue weighted by Gasteiger charge is -2.35. The number of benzene rings is 1. The number of rotatable bonds is 4. The molecule has 1 saturated heterocycles. The number of esters is 2. The topological polar surface area (TPSA) is 97.4 Å². The zero-order valence-corrected chi connectivity index (χ0v) is 16.8. The first-order valence-corrected chi connectivity index (χ1v) is 9.09. The molecule has 0 aromatic heterocycles. The summed E-state index contributed by atoms with van der Waals surface area (Å²) in [4.78, 5) is 39.0. The van der Waals surface area contributed by atoms with E-state index in [4.69, 9.17) is 26.4 Å². The van der Waals surface area contributed by atoms with Gasteiger partial charge in [-0.15, -0.1) is 0 Å². The predicted octanol–water partition coefficient (Wildman–Crippen LogP) is 1.73. The smallest absolute Gasteiger partial charge is 0.409 e. The molecule has 1 amide bonds. The van der Waals surface area contributed by atoms with Gasteiger partial charge in [0.15, 0.2) is 5.11 Å². The van der Waals surface area contributed by atoms with Gasteiger partial charge in [0.1, 0.15) is 0 Å². The first kappa shape index (κ1) is 21.4. The summed E-state index contributed by atoms with van der Waals surface area (Å²) in [7, 11) is 2.52. The maximum Gasteiger partial charge on any atom is 0.409 e. The number of anilines is 1. The van der Waals surface area contributed by atoms with E-state index in [-0.39, 0.29) is 17.2 Å². The van der Waals surface area contributed by atoms with Gasteiger partial charge in [0.25, 0.3) is 0 Å². The Morgan fingerprint density at radius 2 is 1.46 bits per heavy atom. The Kier molecular flexibility index (Phi) is 7.56. The first-order chi connectivity index (χ1) is 13.4. The van der Waals surface area contributed by atoms with Gasteiger partial charge in [-0.3, -0.25) is 0 Å². The molecule has 9 nitrogen and oxygen atoms in total. The molecule has 0 aliphatic carbocycles. The van der Waals surface area contributed by atoms with Crippen molar-refractivity contribution < 1.29 is 28.6 Å². The second-order valence-electron chi connectivity index (χ2n) is 5.89. The summed E-state index contributed by atoms with van der Waals surface area (Å²) in [5, 5.41) is 3.44. The van der Waals surface area contributed by atoms with Crippen molar-refractivity contribution in [3.63, 3.8) is 0 Å². The second kappa shape index (κ2) is 9.88. The van der Waals surface area contributed by atoms with Gasteiger partial charge in [-0.05, 0) is 37.3 Å². The lowest BCUT2D eigenvalue weighted by molar-refractivity contribution is 0.0599. The monoisotopic (exact) mass is 409 g/mol. The van der Waals surface area contributed by atoms with Gasteiger partial charge in [0.05, 0.1) is 32.0 Å². The Morgan fingerprint density at radius 3 is 1.93 bits per heavy atom. The third kappa shape index (κ3) is 5.32. The molecule has 0 radical (unpaired) electrons. The summed E-state index contributed by atoms with van der Waals surface area (Å²) in [5.41, 5.74) is 0.854. The minimum atomic E-state index is -0.581. The van der Waals surface area contributed by atoms with Crippen molar-refractivity contribution in [2.75, 3.05) is 52.3 Å². The van der Waals surface area contributed by atoms with Gasteiger partial charge in [-0.25, -0.2) is 14.4 Å². The molecule has 0 spiro atoms. The van der Waals surface area contributed by atoms with Crippen molar-refractivity contribution in [3.8, 4) is 0 Å². The van der Waals surface area contributed by atoms with Crippen LogP contribution in [0.15, 0.2) is 18.2 Å². The Labute approximate surface area is 168 Å². The first-order valence-electron chi connectivity index (χ1n) is 8.69. The summed E-state index contributed by atoms with van der Waals surface area (Å²) in [6, 6.07) is 4.48. The average molecular weight is 409 g/mol. The van der Waals surface area contributed by atoms with Crippen LogP contribution in [0.4, 0.5) is 10.5 Å². The van der Waals surface area contributed by atoms with Gasteiger partial charge in [0.2, 0.25) is 0 Å². The molecule has 10 heteroatoms. The highest BCUT2D eigenvalue weighted by atomic mass is 32.1. The lowest BCUT2D eigenvalue weighted by Crippen LogP contribution is -2.51. The van der Waals surface area contributed by atoms with Crippen LogP contribution in [0.25, 0.3) is 0 Å². The predicted molar refractivity (Wildman–Crippen MR) is 106 cm³/mol. The van der Waals surface area contributed by atoms with Gasteiger partial charge in [-0.2, -0.15) is 0 Å². The van der Waals surface area contributed by atoms with Crippen LogP contribution in [-0.2, 0) is 14.2 Å². The number of carbonyl (C=O) groups is 3. The van der Waals surface area contributed by atoms with Crippen molar-refractivity contribution in [1.29, 1.82) is 0 Å². The molecule has 1 fully saturated rings. The highest BCUT2D eigenvalue weighted by molar-refractivity contribution is 7.80. The van der Waals surface area contributed by atoms with Crippen LogP contribution < -0.4 is 5.32 Å². The largest absolute Gasteiger partial charge is 0.465 e. The maximum atomic E-state index is 11.9. The number of nitrogens with one attached hydrogen (secondary N) is 1. The SMILES string of the molecule is CCOC(=O)N1CCN(C(=S)Nc2cc(C(=O)OC)cc(C(=O)OC)c2)CC1. The molecule has 1 aromatic carbocycles. The van der Waals surface area contributed by atoms with E-state index in [2.05, 4.69) is 5.32 Å². The highest BCUT2D eigenvalue weighted by Gasteiger charge is 2.23. The fourth-order valence-corrected chi connectivity index (χ4v) is 2.98. The number of ether oxygens (including phenoxy) is 3. The zero-order chi connectivity index (χ0) is 20.7. The van der Waals surface area contributed by atoms with Crippen LogP contribution in [0.5, 0.6) is 0 Å². The number of nitrogens with zero attached hydrogens (tertiary/aromatic N) is 2. The molecular formula is C18H23N3O6S. The molecular weight excluding hydrogens is 386 g/mol. The van der Waals surface area contributed by atoms with E-state index in [0.29, 0.717) is 43.6 Å². The van der Waals surface area contributed by atoms with E-state index in [0.717, 1.165) is 0 Å². The Balaban J connectivity index is 2.08. The van der Waals surface area contributed by atoms with E-state index in [1.807, 2.05) is 4.90 Å². The van der Waals surface area contributed by atoms with Crippen molar-refractivity contribution in [1.82, 2.24) is 9.80 Å². The van der Waals surface area contributed by atoms with Gasteiger partial charge in [-0.1, -0.05) is 0 Å². The summed E-state index contributed by atoms with van der Waals surface area (Å²) in [5.74, 6) is -1.16. The van der Waals surface area contributed by atoms with Crippen molar-refractivity contribution in [2.45, 2.75) is 6.92 Å². The van der Waals surface area contributed by atoms with Crippen molar-refractivity contribution >= 4 is 41.0 Å².